The average Bonchev–Trinajstić information content (AvgIpc) is 2.80. The number of amides is 2. The number of anilines is 2. The quantitative estimate of drug-likeness (QED) is 0.841. The van der Waals surface area contributed by atoms with E-state index in [1.54, 1.807) is 29.2 Å². The topological polar surface area (TPSA) is 75.7 Å². The Bertz CT molecular complexity index is 539. The van der Waals surface area contributed by atoms with Crippen molar-refractivity contribution in [3.63, 3.8) is 0 Å². The third kappa shape index (κ3) is 2.96. The molecule has 1 atom stereocenters. The molecule has 1 aromatic rings. The molecule has 1 aliphatic heterocycles. The van der Waals surface area contributed by atoms with Gasteiger partial charge in [-0.3, -0.25) is 14.4 Å². The Morgan fingerprint density at radius 3 is 2.50 bits per heavy atom. The second-order valence-corrected chi connectivity index (χ2v) is 4.66. The molecule has 1 aliphatic rings. The average molecular weight is 276 g/mol. The third-order valence-electron chi connectivity index (χ3n) is 3.16. The summed E-state index contributed by atoms with van der Waals surface area (Å²) in [5.74, 6) is -1.04. The Balaban J connectivity index is 2.10. The second kappa shape index (κ2) is 5.73. The number of ether oxygens (including phenoxy) is 1. The normalized spacial score (nSPS) is 18.0. The largest absolute Gasteiger partial charge is 0.469 e. The van der Waals surface area contributed by atoms with Gasteiger partial charge in [-0.2, -0.15) is 0 Å². The maximum atomic E-state index is 11.9. The predicted octanol–water partition coefficient (Wildman–Crippen LogP) is 1.17. The molecular formula is C14H16N2O4. The van der Waals surface area contributed by atoms with E-state index < -0.39 is 5.92 Å². The van der Waals surface area contributed by atoms with Crippen LogP contribution in [-0.2, 0) is 19.1 Å². The zero-order valence-electron chi connectivity index (χ0n) is 11.4. The molecule has 2 amide bonds. The summed E-state index contributed by atoms with van der Waals surface area (Å²) in [7, 11) is 1.32. The standard InChI is InChI=1S/C14H16N2O4/c1-9(17)15-11-3-5-12(6-4-11)16-8-10(7-13(16)18)14(19)20-2/h3-6,10H,7-8H2,1-2H3,(H,15,17). The van der Waals surface area contributed by atoms with Crippen LogP contribution >= 0.6 is 0 Å². The van der Waals surface area contributed by atoms with Crippen molar-refractivity contribution in [3.05, 3.63) is 24.3 Å². The first-order valence-electron chi connectivity index (χ1n) is 6.27. The predicted molar refractivity (Wildman–Crippen MR) is 73.2 cm³/mol. The van der Waals surface area contributed by atoms with Gasteiger partial charge in [0, 0.05) is 31.3 Å². The highest BCUT2D eigenvalue weighted by Gasteiger charge is 2.35. The van der Waals surface area contributed by atoms with E-state index >= 15 is 0 Å². The van der Waals surface area contributed by atoms with Gasteiger partial charge < -0.3 is 15.0 Å². The van der Waals surface area contributed by atoms with E-state index in [0.717, 1.165) is 0 Å². The number of methoxy groups -OCH3 is 1. The minimum Gasteiger partial charge on any atom is -0.469 e. The lowest BCUT2D eigenvalue weighted by molar-refractivity contribution is -0.145. The highest BCUT2D eigenvalue weighted by Crippen LogP contribution is 2.26. The van der Waals surface area contributed by atoms with Crippen LogP contribution in [0.2, 0.25) is 0 Å². The molecule has 6 nitrogen and oxygen atoms in total. The number of carbonyl (C=O) groups is 3. The number of carbonyl (C=O) groups excluding carboxylic acids is 3. The first-order valence-corrected chi connectivity index (χ1v) is 6.27. The molecule has 0 spiro atoms. The molecule has 1 fully saturated rings. The molecule has 1 unspecified atom stereocenters. The SMILES string of the molecule is COC(=O)C1CC(=O)N(c2ccc(NC(C)=O)cc2)C1. The molecule has 0 aromatic heterocycles. The van der Waals surface area contributed by atoms with Crippen LogP contribution in [-0.4, -0.2) is 31.4 Å². The Labute approximate surface area is 116 Å². The van der Waals surface area contributed by atoms with E-state index in [-0.39, 0.29) is 24.2 Å². The summed E-state index contributed by atoms with van der Waals surface area (Å²) in [4.78, 5) is 35.9. The van der Waals surface area contributed by atoms with Gasteiger partial charge in [0.1, 0.15) is 0 Å². The molecule has 20 heavy (non-hydrogen) atoms. The molecule has 1 N–H and O–H groups in total. The minimum absolute atomic E-state index is 0.104. The van der Waals surface area contributed by atoms with E-state index in [9.17, 15) is 14.4 Å². The number of hydrogen-bond acceptors (Lipinski definition) is 4. The van der Waals surface area contributed by atoms with Crippen LogP contribution in [0, 0.1) is 5.92 Å². The molecule has 6 heteroatoms. The van der Waals surface area contributed by atoms with Crippen LogP contribution in [0.25, 0.3) is 0 Å². The molecule has 1 aromatic carbocycles. The summed E-state index contributed by atoms with van der Waals surface area (Å²) in [6.07, 6.45) is 0.167. The smallest absolute Gasteiger partial charge is 0.311 e. The van der Waals surface area contributed by atoms with Crippen LogP contribution < -0.4 is 10.2 Å². The molecule has 1 saturated heterocycles. The third-order valence-corrected chi connectivity index (χ3v) is 3.16. The zero-order valence-corrected chi connectivity index (χ0v) is 11.4. The van der Waals surface area contributed by atoms with Gasteiger partial charge in [-0.25, -0.2) is 0 Å². The van der Waals surface area contributed by atoms with E-state index in [0.29, 0.717) is 17.9 Å². The summed E-state index contributed by atoms with van der Waals surface area (Å²) in [6.45, 7) is 1.75. The van der Waals surface area contributed by atoms with Crippen molar-refractivity contribution in [1.82, 2.24) is 0 Å². The lowest BCUT2D eigenvalue weighted by Crippen LogP contribution is -2.26. The van der Waals surface area contributed by atoms with Crippen LogP contribution in [0.5, 0.6) is 0 Å². The van der Waals surface area contributed by atoms with E-state index in [1.807, 2.05) is 0 Å². The molecule has 0 bridgehead atoms. The van der Waals surface area contributed by atoms with Crippen molar-refractivity contribution in [2.75, 3.05) is 23.9 Å². The number of rotatable bonds is 3. The van der Waals surface area contributed by atoms with Gasteiger partial charge >= 0.3 is 5.97 Å². The first-order chi connectivity index (χ1) is 9.51. The first kappa shape index (κ1) is 14.0. The molecule has 0 aliphatic carbocycles. The fourth-order valence-electron chi connectivity index (χ4n) is 2.21. The maximum absolute atomic E-state index is 11.9. The second-order valence-electron chi connectivity index (χ2n) is 4.66. The van der Waals surface area contributed by atoms with Gasteiger partial charge in [0.2, 0.25) is 11.8 Å². The summed E-state index contributed by atoms with van der Waals surface area (Å²) in [5, 5.41) is 2.65. The highest BCUT2D eigenvalue weighted by atomic mass is 16.5. The molecular weight excluding hydrogens is 260 g/mol. The fraction of sp³-hybridized carbons (Fsp3) is 0.357. The van der Waals surface area contributed by atoms with Crippen molar-refractivity contribution in [3.8, 4) is 0 Å². The Kier molecular flexibility index (Phi) is 4.02. The number of benzene rings is 1. The van der Waals surface area contributed by atoms with Crippen LogP contribution in [0.1, 0.15) is 13.3 Å². The molecule has 0 saturated carbocycles. The van der Waals surface area contributed by atoms with Crippen molar-refractivity contribution < 1.29 is 19.1 Å². The highest BCUT2D eigenvalue weighted by molar-refractivity contribution is 5.99. The number of hydrogen-bond donors (Lipinski definition) is 1. The number of nitrogens with zero attached hydrogens (tertiary/aromatic N) is 1. The zero-order chi connectivity index (χ0) is 14.7. The van der Waals surface area contributed by atoms with Gasteiger partial charge in [0.25, 0.3) is 0 Å². The van der Waals surface area contributed by atoms with Crippen molar-refractivity contribution in [2.45, 2.75) is 13.3 Å². The van der Waals surface area contributed by atoms with E-state index in [1.165, 1.54) is 14.0 Å². The monoisotopic (exact) mass is 276 g/mol. The Hall–Kier alpha value is -2.37. The molecule has 0 radical (unpaired) electrons. The molecule has 2 rings (SSSR count). The lowest BCUT2D eigenvalue weighted by Gasteiger charge is -2.16. The summed E-state index contributed by atoms with van der Waals surface area (Å²) in [6, 6.07) is 6.91. The van der Waals surface area contributed by atoms with Gasteiger partial charge in [-0.05, 0) is 24.3 Å². The van der Waals surface area contributed by atoms with Gasteiger partial charge in [0.15, 0.2) is 0 Å². The summed E-state index contributed by atoms with van der Waals surface area (Å²) >= 11 is 0. The number of esters is 1. The maximum Gasteiger partial charge on any atom is 0.311 e. The molecule has 106 valence electrons. The minimum atomic E-state index is -0.414. The van der Waals surface area contributed by atoms with Crippen molar-refractivity contribution >= 4 is 29.2 Å². The van der Waals surface area contributed by atoms with Gasteiger partial charge in [-0.15, -0.1) is 0 Å². The van der Waals surface area contributed by atoms with Crippen LogP contribution in [0.3, 0.4) is 0 Å². The number of nitrogens with one attached hydrogen (secondary N) is 1. The van der Waals surface area contributed by atoms with Gasteiger partial charge in [-0.1, -0.05) is 0 Å². The van der Waals surface area contributed by atoms with E-state index in [4.69, 9.17) is 0 Å². The van der Waals surface area contributed by atoms with Crippen LogP contribution in [0.4, 0.5) is 11.4 Å². The van der Waals surface area contributed by atoms with Crippen molar-refractivity contribution in [1.29, 1.82) is 0 Å². The fourth-order valence-corrected chi connectivity index (χ4v) is 2.21. The van der Waals surface area contributed by atoms with Crippen LogP contribution in [0.15, 0.2) is 24.3 Å². The summed E-state index contributed by atoms with van der Waals surface area (Å²) < 4.78 is 4.66. The molecule has 1 heterocycles. The van der Waals surface area contributed by atoms with Crippen molar-refractivity contribution in [2.24, 2.45) is 5.92 Å². The van der Waals surface area contributed by atoms with E-state index in [2.05, 4.69) is 10.1 Å². The Morgan fingerprint density at radius 2 is 1.95 bits per heavy atom. The lowest BCUT2D eigenvalue weighted by atomic mass is 10.1. The summed E-state index contributed by atoms with van der Waals surface area (Å²) in [5.41, 5.74) is 1.37. The van der Waals surface area contributed by atoms with Gasteiger partial charge in [0.05, 0.1) is 13.0 Å². The Morgan fingerprint density at radius 1 is 1.30 bits per heavy atom.